The standard InChI is InChI=1S/C25H26N4O3/c1-18(19-7-3-2-4-8-19)26-21-10-12-22(13-11-21)27-25(30)20-9-14-23(24(17-20)29(31)32)28-15-5-6-16-28/h2-4,7-14,17-18,26H,5-6,15-16H2,1H3,(H,27,30). The number of nitrogens with zero attached hydrogens (tertiary/aromatic N) is 2. The highest BCUT2D eigenvalue weighted by Crippen LogP contribution is 2.32. The number of amides is 1. The van der Waals surface area contributed by atoms with Crippen LogP contribution in [0, 0.1) is 10.1 Å². The van der Waals surface area contributed by atoms with Crippen LogP contribution in [0.15, 0.2) is 72.8 Å². The van der Waals surface area contributed by atoms with Crippen LogP contribution in [0.25, 0.3) is 0 Å². The van der Waals surface area contributed by atoms with Gasteiger partial charge in [0.15, 0.2) is 0 Å². The average molecular weight is 431 g/mol. The summed E-state index contributed by atoms with van der Waals surface area (Å²) in [5.41, 5.74) is 3.55. The summed E-state index contributed by atoms with van der Waals surface area (Å²) in [5, 5.41) is 17.8. The van der Waals surface area contributed by atoms with Crippen molar-refractivity contribution >= 4 is 28.7 Å². The Kier molecular flexibility index (Phi) is 6.35. The van der Waals surface area contributed by atoms with Gasteiger partial charge >= 0.3 is 0 Å². The number of nitro benzene ring substituents is 1. The van der Waals surface area contributed by atoms with Crippen molar-refractivity contribution in [2.75, 3.05) is 28.6 Å². The summed E-state index contributed by atoms with van der Waals surface area (Å²) < 4.78 is 0. The third kappa shape index (κ3) is 4.88. The first-order chi connectivity index (χ1) is 15.5. The topological polar surface area (TPSA) is 87.5 Å². The molecule has 1 unspecified atom stereocenters. The number of nitrogens with one attached hydrogen (secondary N) is 2. The second-order valence-corrected chi connectivity index (χ2v) is 7.96. The van der Waals surface area contributed by atoms with Crippen LogP contribution in [0.5, 0.6) is 0 Å². The lowest BCUT2D eigenvalue weighted by atomic mass is 10.1. The second kappa shape index (κ2) is 9.51. The molecule has 1 heterocycles. The third-order valence-electron chi connectivity index (χ3n) is 5.71. The molecular formula is C25H26N4O3. The number of nitro groups is 1. The molecule has 1 amide bonds. The largest absolute Gasteiger partial charge is 0.379 e. The van der Waals surface area contributed by atoms with Crippen molar-refractivity contribution in [3.63, 3.8) is 0 Å². The Labute approximate surface area is 187 Å². The van der Waals surface area contributed by atoms with Gasteiger partial charge < -0.3 is 15.5 Å². The molecule has 2 N–H and O–H groups in total. The molecule has 3 aromatic rings. The van der Waals surface area contributed by atoms with Gasteiger partial charge in [0.1, 0.15) is 5.69 Å². The number of hydrogen-bond acceptors (Lipinski definition) is 5. The highest BCUT2D eigenvalue weighted by atomic mass is 16.6. The van der Waals surface area contributed by atoms with Gasteiger partial charge in [0.25, 0.3) is 11.6 Å². The summed E-state index contributed by atoms with van der Waals surface area (Å²) in [6.07, 6.45) is 2.04. The van der Waals surface area contributed by atoms with Crippen LogP contribution in [-0.2, 0) is 0 Å². The minimum Gasteiger partial charge on any atom is -0.379 e. The first-order valence-corrected chi connectivity index (χ1v) is 10.8. The molecular weight excluding hydrogens is 404 g/mol. The molecule has 0 aliphatic carbocycles. The second-order valence-electron chi connectivity index (χ2n) is 7.96. The highest BCUT2D eigenvalue weighted by Gasteiger charge is 2.24. The van der Waals surface area contributed by atoms with Crippen molar-refractivity contribution in [3.05, 3.63) is 94.0 Å². The molecule has 0 aromatic heterocycles. The van der Waals surface area contributed by atoms with Crippen molar-refractivity contribution in [2.45, 2.75) is 25.8 Å². The van der Waals surface area contributed by atoms with E-state index in [4.69, 9.17) is 0 Å². The maximum Gasteiger partial charge on any atom is 0.293 e. The van der Waals surface area contributed by atoms with Crippen LogP contribution in [0.4, 0.5) is 22.7 Å². The quantitative estimate of drug-likeness (QED) is 0.375. The minimum atomic E-state index is -0.418. The van der Waals surface area contributed by atoms with Gasteiger partial charge in [0.2, 0.25) is 0 Å². The van der Waals surface area contributed by atoms with E-state index in [0.717, 1.165) is 31.6 Å². The first kappa shape index (κ1) is 21.4. The Balaban J connectivity index is 1.43. The maximum absolute atomic E-state index is 12.7. The summed E-state index contributed by atoms with van der Waals surface area (Å²) in [7, 11) is 0. The van der Waals surface area contributed by atoms with Gasteiger partial charge in [-0.15, -0.1) is 0 Å². The molecule has 1 atom stereocenters. The zero-order valence-corrected chi connectivity index (χ0v) is 18.0. The van der Waals surface area contributed by atoms with E-state index in [1.807, 2.05) is 47.4 Å². The van der Waals surface area contributed by atoms with Crippen molar-refractivity contribution in [1.82, 2.24) is 0 Å². The predicted molar refractivity (Wildman–Crippen MR) is 127 cm³/mol. The fourth-order valence-electron chi connectivity index (χ4n) is 3.96. The zero-order valence-electron chi connectivity index (χ0n) is 18.0. The van der Waals surface area contributed by atoms with Crippen LogP contribution in [0.3, 0.4) is 0 Å². The third-order valence-corrected chi connectivity index (χ3v) is 5.71. The molecule has 1 saturated heterocycles. The van der Waals surface area contributed by atoms with E-state index in [1.165, 1.54) is 11.6 Å². The van der Waals surface area contributed by atoms with Crippen molar-refractivity contribution in [2.24, 2.45) is 0 Å². The molecule has 32 heavy (non-hydrogen) atoms. The van der Waals surface area contributed by atoms with E-state index in [-0.39, 0.29) is 23.2 Å². The molecule has 4 rings (SSSR count). The number of hydrogen-bond donors (Lipinski definition) is 2. The fourth-order valence-corrected chi connectivity index (χ4v) is 3.96. The normalized spacial score (nSPS) is 14.1. The SMILES string of the molecule is CC(Nc1ccc(NC(=O)c2ccc(N3CCCC3)c([N+](=O)[O-])c2)cc1)c1ccccc1. The number of carbonyl (C=O) groups excluding carboxylic acids is 1. The smallest absolute Gasteiger partial charge is 0.293 e. The van der Waals surface area contributed by atoms with E-state index in [2.05, 4.69) is 29.7 Å². The van der Waals surface area contributed by atoms with Gasteiger partial charge in [0, 0.05) is 42.1 Å². The first-order valence-electron chi connectivity index (χ1n) is 10.8. The minimum absolute atomic E-state index is 0.0333. The van der Waals surface area contributed by atoms with E-state index in [1.54, 1.807) is 12.1 Å². The summed E-state index contributed by atoms with van der Waals surface area (Å²) in [4.78, 5) is 25.9. The molecule has 0 bridgehead atoms. The Morgan fingerprint density at radius 1 is 0.969 bits per heavy atom. The molecule has 7 nitrogen and oxygen atoms in total. The van der Waals surface area contributed by atoms with Crippen LogP contribution in [0.1, 0.15) is 41.7 Å². The molecule has 1 fully saturated rings. The van der Waals surface area contributed by atoms with E-state index in [0.29, 0.717) is 11.4 Å². The number of rotatable bonds is 7. The maximum atomic E-state index is 12.7. The summed E-state index contributed by atoms with van der Waals surface area (Å²) in [6.45, 7) is 3.69. The lowest BCUT2D eigenvalue weighted by molar-refractivity contribution is -0.384. The van der Waals surface area contributed by atoms with Gasteiger partial charge in [-0.3, -0.25) is 14.9 Å². The van der Waals surface area contributed by atoms with E-state index >= 15 is 0 Å². The predicted octanol–water partition coefficient (Wildman–Crippen LogP) is 5.62. The monoisotopic (exact) mass is 430 g/mol. The molecule has 164 valence electrons. The van der Waals surface area contributed by atoms with E-state index < -0.39 is 4.92 Å². The molecule has 0 saturated carbocycles. The van der Waals surface area contributed by atoms with Crippen LogP contribution in [0.2, 0.25) is 0 Å². The molecule has 0 radical (unpaired) electrons. The van der Waals surface area contributed by atoms with Gasteiger partial charge in [0.05, 0.1) is 4.92 Å². The highest BCUT2D eigenvalue weighted by molar-refractivity contribution is 6.05. The number of carbonyl (C=O) groups is 1. The zero-order chi connectivity index (χ0) is 22.5. The summed E-state index contributed by atoms with van der Waals surface area (Å²) in [5.74, 6) is -0.376. The van der Waals surface area contributed by atoms with Gasteiger partial charge in [-0.2, -0.15) is 0 Å². The molecule has 1 aliphatic heterocycles. The molecule has 7 heteroatoms. The van der Waals surface area contributed by atoms with Crippen molar-refractivity contribution < 1.29 is 9.72 Å². The van der Waals surface area contributed by atoms with E-state index in [9.17, 15) is 14.9 Å². The number of benzene rings is 3. The molecule has 1 aliphatic rings. The summed E-state index contributed by atoms with van der Waals surface area (Å²) >= 11 is 0. The van der Waals surface area contributed by atoms with Gasteiger partial charge in [-0.1, -0.05) is 30.3 Å². The van der Waals surface area contributed by atoms with Crippen molar-refractivity contribution in [3.8, 4) is 0 Å². The Morgan fingerprint density at radius 2 is 1.62 bits per heavy atom. The lowest BCUT2D eigenvalue weighted by Gasteiger charge is -2.18. The van der Waals surface area contributed by atoms with Gasteiger partial charge in [-0.25, -0.2) is 0 Å². The number of anilines is 3. The molecule has 0 spiro atoms. The Morgan fingerprint density at radius 3 is 2.28 bits per heavy atom. The van der Waals surface area contributed by atoms with Crippen molar-refractivity contribution in [1.29, 1.82) is 0 Å². The van der Waals surface area contributed by atoms with Crippen LogP contribution >= 0.6 is 0 Å². The van der Waals surface area contributed by atoms with Crippen LogP contribution < -0.4 is 15.5 Å². The lowest BCUT2D eigenvalue weighted by Crippen LogP contribution is -2.19. The molecule has 3 aromatic carbocycles. The summed E-state index contributed by atoms with van der Waals surface area (Å²) in [6, 6.07) is 22.4. The Hall–Kier alpha value is -3.87. The Bertz CT molecular complexity index is 1090. The van der Waals surface area contributed by atoms with Crippen LogP contribution in [-0.4, -0.2) is 23.9 Å². The fraction of sp³-hybridized carbons (Fsp3) is 0.240. The van der Waals surface area contributed by atoms with Gasteiger partial charge in [-0.05, 0) is 61.7 Å². The average Bonchev–Trinajstić information content (AvgIpc) is 3.35.